The van der Waals surface area contributed by atoms with Crippen molar-refractivity contribution < 1.29 is 19.4 Å². The maximum absolute atomic E-state index is 12.5. The molecule has 2 amide bonds. The molecule has 3 aliphatic rings. The summed E-state index contributed by atoms with van der Waals surface area (Å²) < 4.78 is 5.39. The van der Waals surface area contributed by atoms with Gasteiger partial charge in [-0.1, -0.05) is 6.42 Å². The Bertz CT molecular complexity index is 428. The van der Waals surface area contributed by atoms with Crippen LogP contribution < -0.4 is 5.32 Å². The second-order valence-corrected chi connectivity index (χ2v) is 6.55. The number of aliphatic carboxylic acids is 1. The van der Waals surface area contributed by atoms with Gasteiger partial charge in [0.2, 0.25) is 0 Å². The molecule has 3 rings (SSSR count). The van der Waals surface area contributed by atoms with Gasteiger partial charge in [0.25, 0.3) is 0 Å². The summed E-state index contributed by atoms with van der Waals surface area (Å²) in [4.78, 5) is 25.6. The average Bonchev–Trinajstić information content (AvgIpc) is 3.11. The van der Waals surface area contributed by atoms with Gasteiger partial charge in [-0.3, -0.25) is 0 Å². The number of carbonyl (C=O) groups is 2. The van der Waals surface area contributed by atoms with Gasteiger partial charge in [0.05, 0.1) is 12.1 Å². The van der Waals surface area contributed by atoms with Crippen LogP contribution in [-0.2, 0) is 9.53 Å². The Morgan fingerprint density at radius 3 is 2.67 bits per heavy atom. The number of hydrogen-bond acceptors (Lipinski definition) is 3. The first kappa shape index (κ1) is 14.6. The molecule has 1 heterocycles. The van der Waals surface area contributed by atoms with E-state index in [1.165, 1.54) is 0 Å². The first-order valence-corrected chi connectivity index (χ1v) is 7.94. The van der Waals surface area contributed by atoms with Crippen molar-refractivity contribution in [2.24, 2.45) is 11.8 Å². The summed E-state index contributed by atoms with van der Waals surface area (Å²) in [5.74, 6) is -0.372. The number of rotatable bonds is 3. The maximum Gasteiger partial charge on any atom is 0.326 e. The minimum Gasteiger partial charge on any atom is -0.480 e. The van der Waals surface area contributed by atoms with Gasteiger partial charge in [0, 0.05) is 13.7 Å². The highest BCUT2D eigenvalue weighted by molar-refractivity contribution is 5.84. The van der Waals surface area contributed by atoms with E-state index in [-0.39, 0.29) is 24.1 Å². The highest BCUT2D eigenvalue weighted by atomic mass is 16.5. The Balaban J connectivity index is 1.67. The van der Waals surface area contributed by atoms with Crippen molar-refractivity contribution in [2.45, 2.75) is 56.7 Å². The Morgan fingerprint density at radius 1 is 1.19 bits per heavy atom. The number of nitrogens with zero attached hydrogens (tertiary/aromatic N) is 1. The van der Waals surface area contributed by atoms with Crippen molar-refractivity contribution in [1.29, 1.82) is 0 Å². The van der Waals surface area contributed by atoms with E-state index in [4.69, 9.17) is 4.74 Å². The molecule has 0 aromatic heterocycles. The number of urea groups is 1. The Morgan fingerprint density at radius 2 is 1.95 bits per heavy atom. The zero-order valence-corrected chi connectivity index (χ0v) is 12.5. The van der Waals surface area contributed by atoms with Crippen LogP contribution in [0.15, 0.2) is 0 Å². The van der Waals surface area contributed by atoms with Crippen LogP contribution >= 0.6 is 0 Å². The molecular weight excluding hydrogens is 272 g/mol. The van der Waals surface area contributed by atoms with E-state index in [0.717, 1.165) is 38.5 Å². The lowest BCUT2D eigenvalue weighted by molar-refractivity contribution is -0.142. The summed E-state index contributed by atoms with van der Waals surface area (Å²) in [5.41, 5.74) is 0. The molecule has 2 saturated carbocycles. The minimum absolute atomic E-state index is 0.0115. The Hall–Kier alpha value is -1.30. The normalized spacial score (nSPS) is 38.5. The molecule has 0 bridgehead atoms. The first-order chi connectivity index (χ1) is 10.1. The molecule has 6 nitrogen and oxygen atoms in total. The lowest BCUT2D eigenvalue weighted by atomic mass is 9.94. The summed E-state index contributed by atoms with van der Waals surface area (Å²) in [6, 6.07) is -0.872. The Kier molecular flexibility index (Phi) is 4.06. The molecule has 5 unspecified atom stereocenters. The highest BCUT2D eigenvalue weighted by Gasteiger charge is 2.50. The molecule has 0 aromatic carbocycles. The van der Waals surface area contributed by atoms with Gasteiger partial charge in [-0.15, -0.1) is 0 Å². The summed E-state index contributed by atoms with van der Waals surface area (Å²) in [7, 11) is 1.66. The fourth-order valence-corrected chi connectivity index (χ4v) is 4.45. The van der Waals surface area contributed by atoms with Crippen LogP contribution in [-0.4, -0.2) is 53.8 Å². The van der Waals surface area contributed by atoms with Crippen molar-refractivity contribution in [3.05, 3.63) is 0 Å². The van der Waals surface area contributed by atoms with Gasteiger partial charge in [0.1, 0.15) is 6.04 Å². The standard InChI is InChI=1S/C15H24N2O4/c1-21-12-7-3-6-11(12)16-15(20)17-8-9-4-2-5-10(9)13(17)14(18)19/h9-13H,2-8H2,1H3,(H,16,20)(H,18,19). The molecule has 1 saturated heterocycles. The maximum atomic E-state index is 12.5. The monoisotopic (exact) mass is 296 g/mol. The van der Waals surface area contributed by atoms with Crippen molar-refractivity contribution in [3.8, 4) is 0 Å². The molecule has 3 fully saturated rings. The van der Waals surface area contributed by atoms with E-state index in [9.17, 15) is 14.7 Å². The molecule has 1 aliphatic heterocycles. The number of fused-ring (bicyclic) bond motifs is 1. The molecule has 0 radical (unpaired) electrons. The third-order valence-electron chi connectivity index (χ3n) is 5.47. The van der Waals surface area contributed by atoms with Crippen LogP contribution in [0.25, 0.3) is 0 Å². The quantitative estimate of drug-likeness (QED) is 0.826. The van der Waals surface area contributed by atoms with Crippen LogP contribution in [0.5, 0.6) is 0 Å². The van der Waals surface area contributed by atoms with E-state index in [2.05, 4.69) is 5.32 Å². The second-order valence-electron chi connectivity index (χ2n) is 6.55. The number of nitrogens with one attached hydrogen (secondary N) is 1. The fourth-order valence-electron chi connectivity index (χ4n) is 4.45. The fraction of sp³-hybridized carbons (Fsp3) is 0.867. The summed E-state index contributed by atoms with van der Waals surface area (Å²) >= 11 is 0. The molecule has 0 spiro atoms. The summed E-state index contributed by atoms with van der Waals surface area (Å²) in [5, 5.41) is 12.5. The van der Waals surface area contributed by atoms with Gasteiger partial charge in [0.15, 0.2) is 0 Å². The van der Waals surface area contributed by atoms with E-state index >= 15 is 0 Å². The van der Waals surface area contributed by atoms with Gasteiger partial charge in [-0.05, 0) is 43.9 Å². The van der Waals surface area contributed by atoms with Gasteiger partial charge in [-0.25, -0.2) is 9.59 Å². The number of methoxy groups -OCH3 is 1. The van der Waals surface area contributed by atoms with Crippen LogP contribution in [0.3, 0.4) is 0 Å². The van der Waals surface area contributed by atoms with Crippen LogP contribution in [0.4, 0.5) is 4.79 Å². The van der Waals surface area contributed by atoms with E-state index < -0.39 is 12.0 Å². The highest BCUT2D eigenvalue weighted by Crippen LogP contribution is 2.42. The molecule has 118 valence electrons. The second kappa shape index (κ2) is 5.83. The van der Waals surface area contributed by atoms with Crippen LogP contribution in [0, 0.1) is 11.8 Å². The predicted molar refractivity (Wildman–Crippen MR) is 75.9 cm³/mol. The average molecular weight is 296 g/mol. The predicted octanol–water partition coefficient (Wildman–Crippen LogP) is 1.45. The van der Waals surface area contributed by atoms with Gasteiger partial charge in [-0.2, -0.15) is 0 Å². The van der Waals surface area contributed by atoms with E-state index in [0.29, 0.717) is 12.5 Å². The van der Waals surface area contributed by atoms with Crippen LogP contribution in [0.2, 0.25) is 0 Å². The lowest BCUT2D eigenvalue weighted by Gasteiger charge is -2.28. The van der Waals surface area contributed by atoms with Crippen molar-refractivity contribution in [3.63, 3.8) is 0 Å². The first-order valence-electron chi connectivity index (χ1n) is 7.94. The molecular formula is C15H24N2O4. The third-order valence-corrected chi connectivity index (χ3v) is 5.47. The number of carboxylic acids is 1. The number of likely N-dealkylation sites (tertiary alicyclic amines) is 1. The van der Waals surface area contributed by atoms with Crippen molar-refractivity contribution >= 4 is 12.0 Å². The topological polar surface area (TPSA) is 78.9 Å². The van der Waals surface area contributed by atoms with Crippen LogP contribution in [0.1, 0.15) is 38.5 Å². The zero-order chi connectivity index (χ0) is 15.0. The number of ether oxygens (including phenoxy) is 1. The number of amides is 2. The number of carboxylic acid groups (broad SMARTS) is 1. The van der Waals surface area contributed by atoms with E-state index in [1.54, 1.807) is 12.0 Å². The number of carbonyl (C=O) groups excluding carboxylic acids is 1. The molecule has 5 atom stereocenters. The largest absolute Gasteiger partial charge is 0.480 e. The smallest absolute Gasteiger partial charge is 0.326 e. The van der Waals surface area contributed by atoms with Gasteiger partial charge >= 0.3 is 12.0 Å². The summed E-state index contributed by atoms with van der Waals surface area (Å²) in [6.07, 6.45) is 6.01. The SMILES string of the molecule is COC1CCCC1NC(=O)N1CC2CCCC2C1C(=O)O. The zero-order valence-electron chi connectivity index (χ0n) is 12.5. The third kappa shape index (κ3) is 2.61. The Labute approximate surface area is 124 Å². The van der Waals surface area contributed by atoms with Crippen molar-refractivity contribution in [2.75, 3.05) is 13.7 Å². The lowest BCUT2D eigenvalue weighted by Crippen LogP contribution is -2.52. The minimum atomic E-state index is -0.866. The van der Waals surface area contributed by atoms with Crippen molar-refractivity contribution in [1.82, 2.24) is 10.2 Å². The summed E-state index contributed by atoms with van der Waals surface area (Å²) in [6.45, 7) is 0.581. The molecule has 21 heavy (non-hydrogen) atoms. The van der Waals surface area contributed by atoms with Gasteiger partial charge < -0.3 is 20.1 Å². The van der Waals surface area contributed by atoms with E-state index in [1.807, 2.05) is 0 Å². The molecule has 2 N–H and O–H groups in total. The molecule has 0 aromatic rings. The molecule has 2 aliphatic carbocycles. The molecule has 6 heteroatoms. The number of hydrogen-bond donors (Lipinski definition) is 2.